The molecule has 0 spiro atoms. The average molecular weight is 312 g/mol. The van der Waals surface area contributed by atoms with Gasteiger partial charge in [-0.25, -0.2) is 4.39 Å². The number of benzene rings is 1. The van der Waals surface area contributed by atoms with Gasteiger partial charge in [-0.15, -0.1) is 0 Å². The van der Waals surface area contributed by atoms with Crippen molar-refractivity contribution in [2.45, 2.75) is 19.0 Å². The third kappa shape index (κ3) is 2.56. The molecule has 1 aromatic rings. The fourth-order valence-corrected chi connectivity index (χ4v) is 2.41. The van der Waals surface area contributed by atoms with E-state index in [2.05, 4.69) is 15.9 Å². The topological polar surface area (TPSA) is 3.24 Å². The Hall–Kier alpha value is -0.780. The number of alkyl halides is 3. The van der Waals surface area contributed by atoms with E-state index in [0.29, 0.717) is 19.2 Å². The molecule has 0 saturated carbocycles. The summed E-state index contributed by atoms with van der Waals surface area (Å²) in [5.74, 6) is -0.873. The van der Waals surface area contributed by atoms with E-state index in [-0.39, 0.29) is 10.2 Å². The first-order valence-electron chi connectivity index (χ1n) is 5.21. The molecule has 1 fully saturated rings. The first-order valence-corrected chi connectivity index (χ1v) is 6.00. The molecule has 0 radical (unpaired) electrons. The molecule has 1 saturated heterocycles. The maximum atomic E-state index is 13.4. The van der Waals surface area contributed by atoms with Crippen LogP contribution in [-0.2, 0) is 6.18 Å². The molecule has 0 unspecified atom stereocenters. The van der Waals surface area contributed by atoms with Gasteiger partial charge >= 0.3 is 6.18 Å². The van der Waals surface area contributed by atoms with Gasteiger partial charge in [0.05, 0.1) is 15.7 Å². The van der Waals surface area contributed by atoms with E-state index in [0.717, 1.165) is 18.9 Å². The SMILES string of the molecule is Fc1cc(C(F)(F)F)cc(N2CCCC2)c1Br. The van der Waals surface area contributed by atoms with Gasteiger partial charge in [0, 0.05) is 13.1 Å². The van der Waals surface area contributed by atoms with Crippen molar-refractivity contribution in [2.24, 2.45) is 0 Å². The molecular formula is C11H10BrF4N. The first kappa shape index (κ1) is 12.7. The average Bonchev–Trinajstić information content (AvgIpc) is 2.73. The fourth-order valence-electron chi connectivity index (χ4n) is 1.93. The van der Waals surface area contributed by atoms with Gasteiger partial charge in [0.2, 0.25) is 0 Å². The summed E-state index contributed by atoms with van der Waals surface area (Å²) in [5.41, 5.74) is -0.657. The van der Waals surface area contributed by atoms with Crippen LogP contribution in [0.4, 0.5) is 23.2 Å². The van der Waals surface area contributed by atoms with Gasteiger partial charge in [-0.2, -0.15) is 13.2 Å². The van der Waals surface area contributed by atoms with Crippen molar-refractivity contribution in [3.63, 3.8) is 0 Å². The van der Waals surface area contributed by atoms with Crippen molar-refractivity contribution < 1.29 is 17.6 Å². The van der Waals surface area contributed by atoms with Gasteiger partial charge in [-0.05, 0) is 40.9 Å². The molecule has 0 atom stereocenters. The molecule has 2 rings (SSSR count). The zero-order valence-corrected chi connectivity index (χ0v) is 10.4. The van der Waals surface area contributed by atoms with Crippen molar-refractivity contribution in [2.75, 3.05) is 18.0 Å². The van der Waals surface area contributed by atoms with Gasteiger partial charge in [0.15, 0.2) is 0 Å². The van der Waals surface area contributed by atoms with Crippen LogP contribution in [-0.4, -0.2) is 13.1 Å². The smallest absolute Gasteiger partial charge is 0.371 e. The maximum Gasteiger partial charge on any atom is 0.416 e. The summed E-state index contributed by atoms with van der Waals surface area (Å²) in [6, 6.07) is 1.52. The second-order valence-corrected chi connectivity index (χ2v) is 4.78. The maximum absolute atomic E-state index is 13.4. The lowest BCUT2D eigenvalue weighted by molar-refractivity contribution is -0.137. The third-order valence-electron chi connectivity index (χ3n) is 2.78. The molecule has 0 bridgehead atoms. The van der Waals surface area contributed by atoms with Gasteiger partial charge in [-0.1, -0.05) is 0 Å². The fraction of sp³-hybridized carbons (Fsp3) is 0.455. The molecule has 0 aliphatic carbocycles. The number of hydrogen-bond acceptors (Lipinski definition) is 1. The Bertz CT molecular complexity index is 424. The summed E-state index contributed by atoms with van der Waals surface area (Å²) in [5, 5.41) is 0. The Morgan fingerprint density at radius 3 is 2.24 bits per heavy atom. The van der Waals surface area contributed by atoms with Gasteiger partial charge in [0.25, 0.3) is 0 Å². The minimum absolute atomic E-state index is 0.104. The Balaban J connectivity index is 2.46. The lowest BCUT2D eigenvalue weighted by Gasteiger charge is -2.21. The van der Waals surface area contributed by atoms with E-state index >= 15 is 0 Å². The summed E-state index contributed by atoms with van der Waals surface area (Å²) in [6.45, 7) is 1.33. The van der Waals surface area contributed by atoms with E-state index in [9.17, 15) is 17.6 Å². The minimum Gasteiger partial charge on any atom is -0.371 e. The van der Waals surface area contributed by atoms with Crippen molar-refractivity contribution >= 4 is 21.6 Å². The van der Waals surface area contributed by atoms with Crippen LogP contribution in [0.5, 0.6) is 0 Å². The predicted octanol–water partition coefficient (Wildman–Crippen LogP) is 4.21. The molecule has 0 aromatic heterocycles. The van der Waals surface area contributed by atoms with E-state index < -0.39 is 17.6 Å². The Morgan fingerprint density at radius 1 is 1.12 bits per heavy atom. The second kappa shape index (κ2) is 4.48. The van der Waals surface area contributed by atoms with Gasteiger partial charge in [0.1, 0.15) is 5.82 Å². The summed E-state index contributed by atoms with van der Waals surface area (Å²) in [7, 11) is 0. The summed E-state index contributed by atoms with van der Waals surface area (Å²) < 4.78 is 51.3. The number of rotatable bonds is 1. The lowest BCUT2D eigenvalue weighted by Crippen LogP contribution is -2.19. The van der Waals surface area contributed by atoms with E-state index in [1.54, 1.807) is 4.90 Å². The Kier molecular flexibility index (Phi) is 3.34. The molecule has 6 heteroatoms. The zero-order valence-electron chi connectivity index (χ0n) is 8.82. The molecule has 17 heavy (non-hydrogen) atoms. The second-order valence-electron chi connectivity index (χ2n) is 3.98. The summed E-state index contributed by atoms with van der Waals surface area (Å²) >= 11 is 3.01. The highest BCUT2D eigenvalue weighted by atomic mass is 79.9. The van der Waals surface area contributed by atoms with Crippen LogP contribution in [0.1, 0.15) is 18.4 Å². The largest absolute Gasteiger partial charge is 0.416 e. The molecule has 1 aliphatic rings. The monoisotopic (exact) mass is 311 g/mol. The van der Waals surface area contributed by atoms with Crippen LogP contribution in [0.3, 0.4) is 0 Å². The third-order valence-corrected chi connectivity index (χ3v) is 3.57. The van der Waals surface area contributed by atoms with E-state index in [1.165, 1.54) is 0 Å². The van der Waals surface area contributed by atoms with Crippen molar-refractivity contribution in [3.05, 3.63) is 28.0 Å². The number of anilines is 1. The Labute approximate surface area is 105 Å². The molecule has 1 aliphatic heterocycles. The minimum atomic E-state index is -4.52. The van der Waals surface area contributed by atoms with Gasteiger partial charge in [-0.3, -0.25) is 0 Å². The highest BCUT2D eigenvalue weighted by molar-refractivity contribution is 9.10. The normalized spacial score (nSPS) is 16.6. The van der Waals surface area contributed by atoms with Crippen LogP contribution in [0, 0.1) is 5.82 Å². The van der Waals surface area contributed by atoms with E-state index in [4.69, 9.17) is 0 Å². The van der Waals surface area contributed by atoms with Crippen molar-refractivity contribution in [1.82, 2.24) is 0 Å². The molecular weight excluding hydrogens is 302 g/mol. The van der Waals surface area contributed by atoms with E-state index in [1.807, 2.05) is 0 Å². The Morgan fingerprint density at radius 2 is 1.71 bits per heavy atom. The van der Waals surface area contributed by atoms with Crippen molar-refractivity contribution in [3.8, 4) is 0 Å². The number of halogens is 5. The van der Waals surface area contributed by atoms with Crippen LogP contribution in [0.15, 0.2) is 16.6 Å². The molecule has 1 aromatic carbocycles. The van der Waals surface area contributed by atoms with Crippen LogP contribution >= 0.6 is 15.9 Å². The molecule has 0 N–H and O–H groups in total. The van der Waals surface area contributed by atoms with Crippen LogP contribution in [0.25, 0.3) is 0 Å². The quantitative estimate of drug-likeness (QED) is 0.702. The predicted molar refractivity (Wildman–Crippen MR) is 60.5 cm³/mol. The van der Waals surface area contributed by atoms with Gasteiger partial charge < -0.3 is 4.90 Å². The summed E-state index contributed by atoms with van der Waals surface area (Å²) in [4.78, 5) is 1.77. The lowest BCUT2D eigenvalue weighted by atomic mass is 10.1. The van der Waals surface area contributed by atoms with Crippen LogP contribution in [0.2, 0.25) is 0 Å². The molecule has 1 heterocycles. The molecule has 94 valence electrons. The standard InChI is InChI=1S/C11H10BrF4N/c12-10-8(13)5-7(11(14,15)16)6-9(10)17-3-1-2-4-17/h5-6H,1-4H2. The highest BCUT2D eigenvalue weighted by Gasteiger charge is 2.33. The number of hydrogen-bond donors (Lipinski definition) is 0. The zero-order chi connectivity index (χ0) is 12.6. The van der Waals surface area contributed by atoms with Crippen LogP contribution < -0.4 is 4.90 Å². The molecule has 0 amide bonds. The summed E-state index contributed by atoms with van der Waals surface area (Å²) in [6.07, 6.45) is -2.68. The number of nitrogens with zero attached hydrogens (tertiary/aromatic N) is 1. The highest BCUT2D eigenvalue weighted by Crippen LogP contribution is 2.38. The van der Waals surface area contributed by atoms with Crippen molar-refractivity contribution in [1.29, 1.82) is 0 Å². The molecule has 1 nitrogen and oxygen atoms in total. The first-order chi connectivity index (χ1) is 7.89.